The van der Waals surface area contributed by atoms with Crippen molar-refractivity contribution in [1.29, 1.82) is 0 Å². The lowest BCUT2D eigenvalue weighted by Crippen LogP contribution is -2.52. The number of halogens is 2. The van der Waals surface area contributed by atoms with E-state index in [1.54, 1.807) is 37.3 Å². The lowest BCUT2D eigenvalue weighted by Gasteiger charge is -2.32. The highest BCUT2D eigenvalue weighted by atomic mass is 79.9. The second kappa shape index (κ2) is 11.6. The van der Waals surface area contributed by atoms with Crippen LogP contribution in [-0.2, 0) is 26.2 Å². The topological polar surface area (TPSA) is 86.8 Å². The molecule has 0 radical (unpaired) electrons. The molecular formula is C23H29BrFN3O4S. The molecule has 0 aliphatic carbocycles. The average molecular weight is 542 g/mol. The number of nitrogens with zero attached hydrogens (tertiary/aromatic N) is 2. The summed E-state index contributed by atoms with van der Waals surface area (Å²) >= 11 is 3.31. The number of nitrogens with one attached hydrogen (secondary N) is 1. The molecule has 2 aromatic carbocycles. The fourth-order valence-corrected chi connectivity index (χ4v) is 4.33. The number of hydrogen-bond donors (Lipinski definition) is 1. The SMILES string of the molecule is CC[C@@H](C)NC(=O)[C@@H](C)N(Cc1ccccc1F)C(=O)CN(c1cccc(Br)c1)S(C)(=O)=O. The van der Waals surface area contributed by atoms with Crippen molar-refractivity contribution in [3.05, 3.63) is 64.4 Å². The molecule has 7 nitrogen and oxygen atoms in total. The molecule has 10 heteroatoms. The van der Waals surface area contributed by atoms with Crippen LogP contribution < -0.4 is 9.62 Å². The maximum Gasteiger partial charge on any atom is 0.244 e. The van der Waals surface area contributed by atoms with E-state index >= 15 is 0 Å². The summed E-state index contributed by atoms with van der Waals surface area (Å²) in [6.45, 7) is 4.58. The van der Waals surface area contributed by atoms with E-state index in [1.807, 2.05) is 13.8 Å². The molecule has 0 spiro atoms. The molecule has 0 aromatic heterocycles. The van der Waals surface area contributed by atoms with Crippen molar-refractivity contribution < 1.29 is 22.4 Å². The molecule has 1 N–H and O–H groups in total. The van der Waals surface area contributed by atoms with E-state index in [0.29, 0.717) is 16.6 Å². The molecule has 0 saturated carbocycles. The minimum Gasteiger partial charge on any atom is -0.352 e. The second-order valence-electron chi connectivity index (χ2n) is 7.86. The van der Waals surface area contributed by atoms with Gasteiger partial charge in [-0.2, -0.15) is 0 Å². The van der Waals surface area contributed by atoms with E-state index in [2.05, 4.69) is 21.2 Å². The Hall–Kier alpha value is -2.46. The van der Waals surface area contributed by atoms with Crippen LogP contribution in [0.25, 0.3) is 0 Å². The van der Waals surface area contributed by atoms with Gasteiger partial charge in [-0.1, -0.05) is 47.1 Å². The van der Waals surface area contributed by atoms with Crippen LogP contribution in [0.15, 0.2) is 53.0 Å². The van der Waals surface area contributed by atoms with E-state index in [0.717, 1.165) is 10.6 Å². The number of anilines is 1. The van der Waals surface area contributed by atoms with Crippen LogP contribution in [0.3, 0.4) is 0 Å². The molecule has 2 rings (SSSR count). The van der Waals surface area contributed by atoms with Gasteiger partial charge in [-0.15, -0.1) is 0 Å². The van der Waals surface area contributed by atoms with Gasteiger partial charge in [-0.3, -0.25) is 13.9 Å². The van der Waals surface area contributed by atoms with Crippen molar-refractivity contribution >= 4 is 43.5 Å². The minimum atomic E-state index is -3.82. The smallest absolute Gasteiger partial charge is 0.244 e. The Labute approximate surface area is 203 Å². The van der Waals surface area contributed by atoms with Crippen molar-refractivity contribution in [2.24, 2.45) is 0 Å². The molecule has 0 heterocycles. The molecular weight excluding hydrogens is 513 g/mol. The average Bonchev–Trinajstić information content (AvgIpc) is 2.75. The molecule has 0 aliphatic heterocycles. The van der Waals surface area contributed by atoms with E-state index in [1.165, 1.54) is 23.1 Å². The fraction of sp³-hybridized carbons (Fsp3) is 0.391. The Kier molecular flexibility index (Phi) is 9.42. The predicted molar refractivity (Wildman–Crippen MR) is 131 cm³/mol. The maximum atomic E-state index is 14.4. The molecule has 0 bridgehead atoms. The number of amides is 2. The molecule has 180 valence electrons. The summed E-state index contributed by atoms with van der Waals surface area (Å²) in [5.41, 5.74) is 0.519. The largest absolute Gasteiger partial charge is 0.352 e. The van der Waals surface area contributed by atoms with E-state index in [4.69, 9.17) is 0 Å². The zero-order valence-corrected chi connectivity index (χ0v) is 21.5. The molecule has 2 amide bonds. The Balaban J connectivity index is 2.40. The highest BCUT2D eigenvalue weighted by Gasteiger charge is 2.31. The first-order valence-corrected chi connectivity index (χ1v) is 13.1. The van der Waals surface area contributed by atoms with Crippen LogP contribution in [-0.4, -0.2) is 50.0 Å². The zero-order chi connectivity index (χ0) is 24.8. The van der Waals surface area contributed by atoms with Crippen molar-refractivity contribution in [2.45, 2.75) is 45.8 Å². The summed E-state index contributed by atoms with van der Waals surface area (Å²) in [7, 11) is -3.82. The first-order chi connectivity index (χ1) is 15.4. The predicted octanol–water partition coefficient (Wildman–Crippen LogP) is 3.69. The number of carbonyl (C=O) groups is 2. The number of rotatable bonds is 10. The van der Waals surface area contributed by atoms with Crippen molar-refractivity contribution in [2.75, 3.05) is 17.1 Å². The molecule has 0 unspecified atom stereocenters. The lowest BCUT2D eigenvalue weighted by molar-refractivity contribution is -0.139. The Morgan fingerprint density at radius 2 is 1.79 bits per heavy atom. The summed E-state index contributed by atoms with van der Waals surface area (Å²) in [5.74, 6) is -1.55. The van der Waals surface area contributed by atoms with Gasteiger partial charge in [0.05, 0.1) is 11.9 Å². The van der Waals surface area contributed by atoms with Crippen LogP contribution in [0, 0.1) is 5.82 Å². The van der Waals surface area contributed by atoms with Gasteiger partial charge in [0.25, 0.3) is 0 Å². The highest BCUT2D eigenvalue weighted by Crippen LogP contribution is 2.23. The number of benzene rings is 2. The summed E-state index contributed by atoms with van der Waals surface area (Å²) in [4.78, 5) is 27.4. The van der Waals surface area contributed by atoms with E-state index in [9.17, 15) is 22.4 Å². The number of sulfonamides is 1. The molecule has 33 heavy (non-hydrogen) atoms. The third-order valence-corrected chi connectivity index (χ3v) is 6.88. The highest BCUT2D eigenvalue weighted by molar-refractivity contribution is 9.10. The summed E-state index contributed by atoms with van der Waals surface area (Å²) < 4.78 is 41.0. The third kappa shape index (κ3) is 7.53. The van der Waals surface area contributed by atoms with Crippen LogP contribution in [0.1, 0.15) is 32.8 Å². The third-order valence-electron chi connectivity index (χ3n) is 5.24. The monoisotopic (exact) mass is 541 g/mol. The Bertz CT molecular complexity index is 1100. The summed E-state index contributed by atoms with van der Waals surface area (Å²) in [5, 5.41) is 2.82. The van der Waals surface area contributed by atoms with Crippen molar-refractivity contribution in [1.82, 2.24) is 10.2 Å². The fourth-order valence-electron chi connectivity index (χ4n) is 3.10. The molecule has 2 aromatic rings. The van der Waals surface area contributed by atoms with Gasteiger partial charge in [0.15, 0.2) is 0 Å². The van der Waals surface area contributed by atoms with Gasteiger partial charge < -0.3 is 10.2 Å². The molecule has 0 fully saturated rings. The first-order valence-electron chi connectivity index (χ1n) is 10.5. The van der Waals surface area contributed by atoms with Crippen molar-refractivity contribution in [3.8, 4) is 0 Å². The van der Waals surface area contributed by atoms with E-state index < -0.39 is 40.2 Å². The quantitative estimate of drug-likeness (QED) is 0.497. The number of carbonyl (C=O) groups excluding carboxylic acids is 2. The summed E-state index contributed by atoms with van der Waals surface area (Å²) in [6.07, 6.45) is 1.70. The van der Waals surface area contributed by atoms with Crippen molar-refractivity contribution in [3.63, 3.8) is 0 Å². The van der Waals surface area contributed by atoms with Gasteiger partial charge >= 0.3 is 0 Å². The van der Waals surface area contributed by atoms with Crippen LogP contribution >= 0.6 is 15.9 Å². The standard InChI is InChI=1S/C23H29BrFN3O4S/c1-5-16(2)26-23(30)17(3)27(14-18-9-6-7-12-21(18)25)22(29)15-28(33(4,31)32)20-11-8-10-19(24)13-20/h6-13,16-17H,5,14-15H2,1-4H3,(H,26,30)/t16-,17-/m1/s1. The van der Waals surface area contributed by atoms with Gasteiger partial charge in [-0.05, 0) is 44.5 Å². The molecule has 0 aliphatic rings. The summed E-state index contributed by atoms with van der Waals surface area (Å²) in [6, 6.07) is 11.4. The van der Waals surface area contributed by atoms with Crippen LogP contribution in [0.4, 0.5) is 10.1 Å². The Morgan fingerprint density at radius 3 is 2.36 bits per heavy atom. The maximum absolute atomic E-state index is 14.4. The molecule has 0 saturated heterocycles. The first kappa shape index (κ1) is 26.8. The molecule has 2 atom stereocenters. The van der Waals surface area contributed by atoms with Crippen LogP contribution in [0.2, 0.25) is 0 Å². The minimum absolute atomic E-state index is 0.112. The van der Waals surface area contributed by atoms with E-state index in [-0.39, 0.29) is 18.2 Å². The zero-order valence-electron chi connectivity index (χ0n) is 19.1. The van der Waals surface area contributed by atoms with Gasteiger partial charge in [0.1, 0.15) is 18.4 Å². The Morgan fingerprint density at radius 1 is 1.12 bits per heavy atom. The second-order valence-corrected chi connectivity index (χ2v) is 10.7. The number of hydrogen-bond acceptors (Lipinski definition) is 4. The van der Waals surface area contributed by atoms with Crippen LogP contribution in [0.5, 0.6) is 0 Å². The normalized spacial score (nSPS) is 13.2. The van der Waals surface area contributed by atoms with Gasteiger partial charge in [-0.25, -0.2) is 12.8 Å². The lowest BCUT2D eigenvalue weighted by atomic mass is 10.1. The van der Waals surface area contributed by atoms with Gasteiger partial charge in [0, 0.05) is 22.6 Å². The van der Waals surface area contributed by atoms with Gasteiger partial charge in [0.2, 0.25) is 21.8 Å².